The summed E-state index contributed by atoms with van der Waals surface area (Å²) in [5.74, 6) is -0.788. The van der Waals surface area contributed by atoms with Gasteiger partial charge in [-0.2, -0.15) is 0 Å². The summed E-state index contributed by atoms with van der Waals surface area (Å²) in [6.07, 6.45) is 7.43. The van der Waals surface area contributed by atoms with Crippen molar-refractivity contribution in [1.29, 1.82) is 0 Å². The van der Waals surface area contributed by atoms with Gasteiger partial charge in [0.15, 0.2) is 0 Å². The van der Waals surface area contributed by atoms with Crippen LogP contribution in [0.4, 0.5) is 4.39 Å². The number of halogens is 1. The number of ether oxygens (including phenoxy) is 1. The zero-order valence-corrected chi connectivity index (χ0v) is 40.9. The molecule has 0 N–H and O–H groups in total. The molecule has 5 aromatic carbocycles. The van der Waals surface area contributed by atoms with Crippen molar-refractivity contribution >= 4 is 60.5 Å². The molecule has 0 aliphatic rings. The molecule has 0 radical (unpaired) electrons. The second kappa shape index (κ2) is 23.1. The highest BCUT2D eigenvalue weighted by Gasteiger charge is 2.44. The van der Waals surface area contributed by atoms with Crippen molar-refractivity contribution in [2.24, 2.45) is 0 Å². The van der Waals surface area contributed by atoms with E-state index in [0.29, 0.717) is 36.3 Å². The summed E-state index contributed by atoms with van der Waals surface area (Å²) in [6.45, 7) is 10.4. The van der Waals surface area contributed by atoms with Gasteiger partial charge in [-0.05, 0) is 89.5 Å². The SMILES string of the molecule is [3H]c1ccccc1[Si](CCCC)(OC(C=Cc1c(-c2ccc(F)cc2)c2cccnc2n1C(C)C)CC(CC(=O)OCC)O[Si](CCCC)(c1ccccc1[3H])c1ccccc1[3H])c1ccccc1[3H]. The lowest BCUT2D eigenvalue weighted by Crippen LogP contribution is -2.63. The fraction of sp³-hybridized carbons (Fsp3) is 0.298. The van der Waals surface area contributed by atoms with Crippen LogP contribution in [0.15, 0.2) is 170 Å². The maximum absolute atomic E-state index is 14.6. The van der Waals surface area contributed by atoms with Gasteiger partial charge in [-0.15, -0.1) is 0 Å². The molecular weight excluding hydrogens is 852 g/mol. The molecule has 2 aromatic heterocycles. The van der Waals surface area contributed by atoms with Crippen LogP contribution in [0, 0.1) is 5.82 Å². The van der Waals surface area contributed by atoms with Crippen LogP contribution in [0.1, 0.15) is 90.4 Å². The third kappa shape index (κ3) is 11.1. The van der Waals surface area contributed by atoms with Crippen molar-refractivity contribution in [1.82, 2.24) is 9.55 Å². The van der Waals surface area contributed by atoms with E-state index in [1.54, 1.807) is 49.5 Å². The Labute approximate surface area is 399 Å². The Morgan fingerprint density at radius 2 is 1.24 bits per heavy atom. The van der Waals surface area contributed by atoms with Crippen molar-refractivity contribution in [2.75, 3.05) is 6.61 Å². The largest absolute Gasteiger partial charge is 0.466 e. The van der Waals surface area contributed by atoms with E-state index in [1.807, 2.05) is 97.1 Å². The molecule has 0 saturated carbocycles. The molecule has 6 nitrogen and oxygen atoms in total. The summed E-state index contributed by atoms with van der Waals surface area (Å²) in [4.78, 5) is 18.9. The summed E-state index contributed by atoms with van der Waals surface area (Å²) < 4.78 is 75.7. The predicted molar refractivity (Wildman–Crippen MR) is 275 cm³/mol. The lowest BCUT2D eigenvalue weighted by Gasteiger charge is -2.39. The molecule has 2 atom stereocenters. The number of hydrogen-bond donors (Lipinski definition) is 0. The summed E-state index contributed by atoms with van der Waals surface area (Å²) in [6, 6.07) is 42.8. The standard InChI is InChI=1S/C57H65FN2O4Si2/c1-6-9-40-65(49-24-15-11-16-25-49,50-26-17-12-18-27-50)63-47(37-38-54-56(45-33-35-46(58)36-34-45)53-32-23-39-59-57(53)60(54)44(4)5)42-48(43-55(61)62-8-3)64-66(41-10-7-2,51-28-19-13-20-29-51)52-30-21-14-22-31-52/h11-39,44,47-48H,6-10,40-43H2,1-5H3/i24T,26T,28T,30T. The molecule has 0 aliphatic carbocycles. The first-order chi connectivity index (χ1) is 33.9. The van der Waals surface area contributed by atoms with Crippen LogP contribution in [0.25, 0.3) is 28.2 Å². The predicted octanol–water partition coefficient (Wildman–Crippen LogP) is 11.7. The molecular formula is C57H65FN2O4Si2. The van der Waals surface area contributed by atoms with Crippen LogP contribution in [-0.2, 0) is 18.4 Å². The maximum atomic E-state index is 14.6. The van der Waals surface area contributed by atoms with Crippen LogP contribution in [0.5, 0.6) is 0 Å². The number of benzene rings is 5. The average molecular weight is 925 g/mol. The van der Waals surface area contributed by atoms with E-state index in [-0.39, 0.29) is 31.3 Å². The Bertz CT molecular complexity index is 2800. The average Bonchev–Trinajstić information content (AvgIpc) is 3.69. The molecule has 2 heterocycles. The number of pyridine rings is 1. The Balaban J connectivity index is 1.51. The number of hydrogen-bond acceptors (Lipinski definition) is 5. The van der Waals surface area contributed by atoms with Crippen molar-refractivity contribution in [3.05, 3.63) is 181 Å². The monoisotopic (exact) mass is 924 g/mol. The van der Waals surface area contributed by atoms with E-state index in [4.69, 9.17) is 18.6 Å². The number of rotatable bonds is 23. The quantitative estimate of drug-likeness (QED) is 0.0472. The molecule has 342 valence electrons. The third-order valence-corrected chi connectivity index (χ3v) is 20.5. The molecule has 2 unspecified atom stereocenters. The highest BCUT2D eigenvalue weighted by molar-refractivity contribution is 6.98. The van der Waals surface area contributed by atoms with Gasteiger partial charge in [0.25, 0.3) is 16.6 Å². The summed E-state index contributed by atoms with van der Waals surface area (Å²) in [5.41, 5.74) is 3.28. The Morgan fingerprint density at radius 3 is 1.73 bits per heavy atom. The minimum absolute atomic E-state index is 0.0472. The lowest BCUT2D eigenvalue weighted by atomic mass is 10.0. The van der Waals surface area contributed by atoms with Crippen LogP contribution < -0.4 is 20.7 Å². The molecule has 0 fully saturated rings. The van der Waals surface area contributed by atoms with Crippen molar-refractivity contribution in [2.45, 2.75) is 103 Å². The molecule has 0 saturated heterocycles. The minimum atomic E-state index is -3.56. The maximum Gasteiger partial charge on any atom is 0.308 e. The number of fused-ring (bicyclic) bond motifs is 1. The molecule has 0 bridgehead atoms. The number of nitrogens with zero attached hydrogens (tertiary/aromatic N) is 2. The fourth-order valence-corrected chi connectivity index (χ4v) is 17.4. The van der Waals surface area contributed by atoms with Gasteiger partial charge < -0.3 is 18.2 Å². The highest BCUT2D eigenvalue weighted by atomic mass is 28.4. The van der Waals surface area contributed by atoms with Gasteiger partial charge in [-0.3, -0.25) is 4.79 Å². The van der Waals surface area contributed by atoms with E-state index in [0.717, 1.165) is 74.3 Å². The van der Waals surface area contributed by atoms with Crippen molar-refractivity contribution in [3.63, 3.8) is 0 Å². The Morgan fingerprint density at radius 1 is 0.712 bits per heavy atom. The highest BCUT2D eigenvalue weighted by Crippen LogP contribution is 2.38. The Hall–Kier alpha value is -5.72. The van der Waals surface area contributed by atoms with Gasteiger partial charge in [0.05, 0.1) is 36.4 Å². The van der Waals surface area contributed by atoms with E-state index >= 15 is 0 Å². The van der Waals surface area contributed by atoms with Gasteiger partial charge in [0, 0.05) is 29.6 Å². The van der Waals surface area contributed by atoms with Gasteiger partial charge in [-0.1, -0.05) is 179 Å². The smallest absolute Gasteiger partial charge is 0.308 e. The first-order valence-corrected chi connectivity index (χ1v) is 27.8. The normalized spacial score (nSPS) is 13.9. The molecule has 9 heteroatoms. The number of carbonyl (C=O) groups excluding carboxylic acids is 1. The van der Waals surface area contributed by atoms with Gasteiger partial charge in [-0.25, -0.2) is 9.37 Å². The minimum Gasteiger partial charge on any atom is -0.466 e. The first-order valence-electron chi connectivity index (χ1n) is 25.6. The number of aromatic nitrogens is 2. The van der Waals surface area contributed by atoms with Crippen LogP contribution in [0.3, 0.4) is 0 Å². The van der Waals surface area contributed by atoms with Crippen molar-refractivity contribution < 1.29 is 28.3 Å². The number of unbranched alkanes of at least 4 members (excludes halogenated alkanes) is 2. The molecule has 0 amide bonds. The summed E-state index contributed by atoms with van der Waals surface area (Å²) in [7, 11) is -7.11. The second-order valence-electron chi connectivity index (χ2n) is 17.1. The molecule has 66 heavy (non-hydrogen) atoms. The van der Waals surface area contributed by atoms with E-state index < -0.39 is 34.8 Å². The van der Waals surface area contributed by atoms with Gasteiger partial charge in [0.2, 0.25) is 0 Å². The van der Waals surface area contributed by atoms with Crippen LogP contribution in [0.2, 0.25) is 12.1 Å². The second-order valence-corrected chi connectivity index (χ2v) is 24.0. The van der Waals surface area contributed by atoms with Crippen LogP contribution in [-0.4, -0.2) is 51.0 Å². The molecule has 7 rings (SSSR count). The zero-order valence-electron chi connectivity index (χ0n) is 42.9. The van der Waals surface area contributed by atoms with Crippen molar-refractivity contribution in [3.8, 4) is 11.1 Å². The summed E-state index contributed by atoms with van der Waals surface area (Å²) in [5, 5.41) is 3.84. The van der Waals surface area contributed by atoms with Crippen LogP contribution >= 0.6 is 0 Å². The zero-order chi connectivity index (χ0) is 49.8. The number of carbonyl (C=O) groups is 1. The number of esters is 1. The molecule has 0 aliphatic heterocycles. The Kier molecular flexibility index (Phi) is 15.0. The van der Waals surface area contributed by atoms with Gasteiger partial charge in [0.1, 0.15) is 11.5 Å². The summed E-state index contributed by atoms with van der Waals surface area (Å²) >= 11 is 0. The third-order valence-electron chi connectivity index (χ3n) is 12.2. The van der Waals surface area contributed by atoms with Gasteiger partial charge >= 0.3 is 5.97 Å². The first kappa shape index (κ1) is 42.9. The van der Waals surface area contributed by atoms with E-state index in [1.165, 1.54) is 12.1 Å². The fourth-order valence-electron chi connectivity index (χ4n) is 9.14. The molecule has 7 aromatic rings. The molecule has 0 spiro atoms. The van der Waals surface area contributed by atoms with E-state index in [2.05, 4.69) is 32.3 Å². The lowest BCUT2D eigenvalue weighted by molar-refractivity contribution is -0.145. The van der Waals surface area contributed by atoms with E-state index in [9.17, 15) is 14.7 Å². The topological polar surface area (TPSA) is 62.6 Å².